The Kier molecular flexibility index (Phi) is 6.54. The number of amides is 1. The third kappa shape index (κ3) is 4.46. The van der Waals surface area contributed by atoms with Gasteiger partial charge in [-0.2, -0.15) is 0 Å². The monoisotopic (exact) mass is 423 g/mol. The molecule has 0 fully saturated rings. The molecule has 0 aliphatic rings. The zero-order valence-corrected chi connectivity index (χ0v) is 17.0. The molecule has 1 amide bonds. The highest BCUT2D eigenvalue weighted by molar-refractivity contribution is 6.42. The normalized spacial score (nSPS) is 12.3. The third-order valence-electron chi connectivity index (χ3n) is 4.45. The molecule has 1 atom stereocenters. The minimum atomic E-state index is -0.533. The fourth-order valence-electron chi connectivity index (χ4n) is 3.02. The van der Waals surface area contributed by atoms with Gasteiger partial charge < -0.3 is 14.6 Å². The molecular formula is C20H20Cl2FN3O2. The summed E-state index contributed by atoms with van der Waals surface area (Å²) >= 11 is 12.3. The van der Waals surface area contributed by atoms with E-state index in [0.29, 0.717) is 46.5 Å². The molecule has 0 radical (unpaired) electrons. The first-order chi connectivity index (χ1) is 13.4. The molecule has 148 valence electrons. The predicted molar refractivity (Wildman–Crippen MR) is 109 cm³/mol. The maximum Gasteiger partial charge on any atom is 0.242 e. The number of hydrogen-bond acceptors (Lipinski definition) is 3. The van der Waals surface area contributed by atoms with Crippen LogP contribution in [0.2, 0.25) is 10.0 Å². The second-order valence-electron chi connectivity index (χ2n) is 6.42. The lowest BCUT2D eigenvalue weighted by molar-refractivity contribution is -0.124. The molecule has 1 heterocycles. The molecule has 0 saturated heterocycles. The van der Waals surface area contributed by atoms with Crippen LogP contribution in [0.1, 0.15) is 24.4 Å². The maximum atomic E-state index is 13.2. The highest BCUT2D eigenvalue weighted by Crippen LogP contribution is 2.31. The molecule has 1 aromatic heterocycles. The fraction of sp³-hybridized carbons (Fsp3) is 0.300. The van der Waals surface area contributed by atoms with Crippen molar-refractivity contribution in [3.8, 4) is 0 Å². The number of fused-ring (bicyclic) bond motifs is 1. The van der Waals surface area contributed by atoms with Crippen LogP contribution in [0.3, 0.4) is 0 Å². The molecule has 3 aromatic rings. The van der Waals surface area contributed by atoms with Crippen LogP contribution in [0.25, 0.3) is 11.0 Å². The smallest absolute Gasteiger partial charge is 0.242 e. The number of nitrogens with zero attached hydrogens (tertiary/aromatic N) is 2. The largest absolute Gasteiger partial charge is 0.383 e. The zero-order valence-electron chi connectivity index (χ0n) is 15.5. The van der Waals surface area contributed by atoms with Crippen LogP contribution in [-0.2, 0) is 16.0 Å². The minimum absolute atomic E-state index is 0.164. The molecule has 0 unspecified atom stereocenters. The number of halogens is 3. The van der Waals surface area contributed by atoms with Gasteiger partial charge >= 0.3 is 0 Å². The van der Waals surface area contributed by atoms with Gasteiger partial charge in [-0.1, -0.05) is 35.3 Å². The molecule has 3 rings (SSSR count). The van der Waals surface area contributed by atoms with Gasteiger partial charge in [0.25, 0.3) is 0 Å². The lowest BCUT2D eigenvalue weighted by Crippen LogP contribution is -2.33. The number of aromatic nitrogens is 2. The number of benzene rings is 2. The minimum Gasteiger partial charge on any atom is -0.383 e. The van der Waals surface area contributed by atoms with Crippen molar-refractivity contribution in [1.82, 2.24) is 14.9 Å². The number of carbonyl (C=O) groups excluding carboxylic acids is 1. The first-order valence-electron chi connectivity index (χ1n) is 8.77. The van der Waals surface area contributed by atoms with Crippen molar-refractivity contribution >= 4 is 40.1 Å². The van der Waals surface area contributed by atoms with Crippen molar-refractivity contribution in [2.24, 2.45) is 0 Å². The Morgan fingerprint density at radius 1 is 1.25 bits per heavy atom. The van der Waals surface area contributed by atoms with Gasteiger partial charge in [0.2, 0.25) is 5.91 Å². The molecule has 28 heavy (non-hydrogen) atoms. The summed E-state index contributed by atoms with van der Waals surface area (Å²) in [5, 5.41) is 3.62. The van der Waals surface area contributed by atoms with Gasteiger partial charge in [-0.25, -0.2) is 9.37 Å². The molecule has 5 nitrogen and oxygen atoms in total. The zero-order chi connectivity index (χ0) is 20.3. The predicted octanol–water partition coefficient (Wildman–Crippen LogP) is 4.40. The van der Waals surface area contributed by atoms with Gasteiger partial charge in [-0.15, -0.1) is 0 Å². The van der Waals surface area contributed by atoms with E-state index in [4.69, 9.17) is 27.9 Å². The summed E-state index contributed by atoms with van der Waals surface area (Å²) in [5.41, 5.74) is 2.23. The Balaban J connectivity index is 2.02. The molecule has 0 bridgehead atoms. The Bertz CT molecular complexity index is 989. The van der Waals surface area contributed by atoms with E-state index in [9.17, 15) is 9.18 Å². The topological polar surface area (TPSA) is 56.1 Å². The molecule has 2 aromatic carbocycles. The highest BCUT2D eigenvalue weighted by atomic mass is 35.5. The van der Waals surface area contributed by atoms with Gasteiger partial charge in [0, 0.05) is 20.1 Å². The summed E-state index contributed by atoms with van der Waals surface area (Å²) in [6.45, 7) is 2.62. The van der Waals surface area contributed by atoms with Crippen molar-refractivity contribution in [2.75, 3.05) is 20.3 Å². The number of imidazole rings is 1. The summed E-state index contributed by atoms with van der Waals surface area (Å²) in [6.07, 6.45) is 0.430. The van der Waals surface area contributed by atoms with Gasteiger partial charge in [-0.05, 0) is 36.8 Å². The summed E-state index contributed by atoms with van der Waals surface area (Å²) in [4.78, 5) is 17.3. The number of methoxy groups -OCH3 is 1. The number of ether oxygens (including phenoxy) is 1. The first kappa shape index (κ1) is 20.6. The van der Waals surface area contributed by atoms with E-state index in [2.05, 4.69) is 10.3 Å². The van der Waals surface area contributed by atoms with Crippen molar-refractivity contribution in [3.63, 3.8) is 0 Å². The number of carbonyl (C=O) groups is 1. The fourth-order valence-corrected chi connectivity index (χ4v) is 3.34. The lowest BCUT2D eigenvalue weighted by Gasteiger charge is -2.18. The maximum absolute atomic E-state index is 13.2. The summed E-state index contributed by atoms with van der Waals surface area (Å²) in [7, 11) is 1.57. The summed E-state index contributed by atoms with van der Waals surface area (Å²) < 4.78 is 20.0. The molecule has 0 spiro atoms. The second-order valence-corrected chi connectivity index (χ2v) is 7.23. The molecule has 0 saturated carbocycles. The molecular weight excluding hydrogens is 404 g/mol. The number of rotatable bonds is 7. The van der Waals surface area contributed by atoms with E-state index in [1.807, 2.05) is 4.57 Å². The van der Waals surface area contributed by atoms with E-state index in [1.165, 1.54) is 12.1 Å². The summed E-state index contributed by atoms with van der Waals surface area (Å²) in [6, 6.07) is 9.05. The Hall–Kier alpha value is -2.15. The third-order valence-corrected chi connectivity index (χ3v) is 5.17. The van der Waals surface area contributed by atoms with Gasteiger partial charge in [0.15, 0.2) is 0 Å². The SMILES string of the molecule is COCCNC(=O)[C@@H](C)n1c(Cc2ccc(F)cc2)nc2cc(Cl)c(Cl)cc21. The van der Waals surface area contributed by atoms with E-state index in [-0.39, 0.29) is 11.7 Å². The van der Waals surface area contributed by atoms with Crippen molar-refractivity contribution in [2.45, 2.75) is 19.4 Å². The van der Waals surface area contributed by atoms with E-state index in [0.717, 1.165) is 5.56 Å². The van der Waals surface area contributed by atoms with Crippen LogP contribution in [0, 0.1) is 5.82 Å². The van der Waals surface area contributed by atoms with Crippen LogP contribution in [-0.4, -0.2) is 35.7 Å². The Labute approximate surface area is 172 Å². The quantitative estimate of drug-likeness (QED) is 0.573. The highest BCUT2D eigenvalue weighted by Gasteiger charge is 2.22. The van der Waals surface area contributed by atoms with Crippen LogP contribution in [0.5, 0.6) is 0 Å². The van der Waals surface area contributed by atoms with Crippen LogP contribution in [0.4, 0.5) is 4.39 Å². The first-order valence-corrected chi connectivity index (χ1v) is 9.53. The summed E-state index contributed by atoms with van der Waals surface area (Å²) in [5.74, 6) is 0.193. The Morgan fingerprint density at radius 3 is 2.61 bits per heavy atom. The van der Waals surface area contributed by atoms with Crippen LogP contribution < -0.4 is 5.32 Å². The molecule has 0 aliphatic carbocycles. The second kappa shape index (κ2) is 8.90. The Morgan fingerprint density at radius 2 is 1.93 bits per heavy atom. The van der Waals surface area contributed by atoms with Crippen molar-refractivity contribution < 1.29 is 13.9 Å². The average molecular weight is 424 g/mol. The van der Waals surface area contributed by atoms with Gasteiger partial charge in [-0.3, -0.25) is 4.79 Å². The van der Waals surface area contributed by atoms with Crippen molar-refractivity contribution in [1.29, 1.82) is 0 Å². The van der Waals surface area contributed by atoms with E-state index >= 15 is 0 Å². The number of hydrogen-bond donors (Lipinski definition) is 1. The van der Waals surface area contributed by atoms with Gasteiger partial charge in [0.1, 0.15) is 17.7 Å². The molecule has 0 aliphatic heterocycles. The number of nitrogens with one attached hydrogen (secondary N) is 1. The van der Waals surface area contributed by atoms with Crippen LogP contribution in [0.15, 0.2) is 36.4 Å². The lowest BCUT2D eigenvalue weighted by atomic mass is 10.1. The van der Waals surface area contributed by atoms with E-state index in [1.54, 1.807) is 38.3 Å². The average Bonchev–Trinajstić information content (AvgIpc) is 3.00. The molecule has 1 N–H and O–H groups in total. The standard InChI is InChI=1S/C20H20Cl2FN3O2/c1-12(20(27)24-7-8-28-2)26-18-11-16(22)15(21)10-17(18)25-19(26)9-13-3-5-14(23)6-4-13/h3-6,10-12H,7-9H2,1-2H3,(H,24,27)/t12-/m1/s1. The van der Waals surface area contributed by atoms with Crippen LogP contribution >= 0.6 is 23.2 Å². The van der Waals surface area contributed by atoms with Gasteiger partial charge in [0.05, 0.1) is 27.7 Å². The van der Waals surface area contributed by atoms with E-state index < -0.39 is 6.04 Å². The molecule has 8 heteroatoms. The van der Waals surface area contributed by atoms with Crippen molar-refractivity contribution in [3.05, 3.63) is 63.6 Å².